The fourth-order valence-corrected chi connectivity index (χ4v) is 8.50. The molecule has 332 valence electrons. The Morgan fingerprint density at radius 2 is 1.02 bits per heavy atom. The maximum Gasteiger partial charge on any atom is 0.247 e. The van der Waals surface area contributed by atoms with Gasteiger partial charge in [-0.25, -0.2) is 25.4 Å². The molecule has 8 atom stereocenters. The van der Waals surface area contributed by atoms with E-state index in [9.17, 15) is 30.6 Å². The molecule has 4 aromatic heterocycles. The van der Waals surface area contributed by atoms with Gasteiger partial charge >= 0.3 is 0 Å². The second-order valence-electron chi connectivity index (χ2n) is 16.0. The van der Waals surface area contributed by atoms with Crippen LogP contribution in [-0.4, -0.2) is 138 Å². The quantitative estimate of drug-likeness (QED) is 0.0688. The van der Waals surface area contributed by atoms with Crippen LogP contribution in [0.2, 0.25) is 0 Å². The summed E-state index contributed by atoms with van der Waals surface area (Å²) in [5.41, 5.74) is 10.5. The summed E-state index contributed by atoms with van der Waals surface area (Å²) in [4.78, 5) is 26.1. The Labute approximate surface area is 352 Å². The van der Waals surface area contributed by atoms with Gasteiger partial charge in [0.25, 0.3) is 0 Å². The molecule has 2 saturated heterocycles. The number of hydrazone groups is 3. The van der Waals surface area contributed by atoms with Gasteiger partial charge in [-0.1, -0.05) is 46.0 Å². The van der Waals surface area contributed by atoms with Crippen molar-refractivity contribution in [1.82, 2.24) is 39.0 Å². The van der Waals surface area contributed by atoms with E-state index in [-0.39, 0.29) is 20.0 Å². The van der Waals surface area contributed by atoms with E-state index in [2.05, 4.69) is 61.5 Å². The van der Waals surface area contributed by atoms with Crippen LogP contribution in [0.3, 0.4) is 0 Å². The van der Waals surface area contributed by atoms with Crippen molar-refractivity contribution in [2.75, 3.05) is 29.5 Å². The van der Waals surface area contributed by atoms with Crippen molar-refractivity contribution in [1.29, 1.82) is 0 Å². The van der Waals surface area contributed by atoms with Gasteiger partial charge in [-0.15, -0.1) is 0 Å². The maximum atomic E-state index is 10.5. The van der Waals surface area contributed by atoms with E-state index in [1.54, 1.807) is 0 Å². The first-order valence-electron chi connectivity index (χ1n) is 20.9. The minimum atomic E-state index is -1.25. The van der Waals surface area contributed by atoms with E-state index in [0.717, 1.165) is 38.5 Å². The van der Waals surface area contributed by atoms with Crippen LogP contribution < -0.4 is 16.3 Å². The van der Waals surface area contributed by atoms with Gasteiger partial charge in [0.1, 0.15) is 43.0 Å². The molecule has 5 aliphatic rings. The van der Waals surface area contributed by atoms with Crippen molar-refractivity contribution < 1.29 is 40.1 Å². The van der Waals surface area contributed by atoms with E-state index in [4.69, 9.17) is 9.47 Å². The molecule has 9 rings (SSSR count). The molecule has 0 spiro atoms. The zero-order valence-electron chi connectivity index (χ0n) is 33.1. The van der Waals surface area contributed by atoms with E-state index in [1.165, 1.54) is 66.6 Å². The average Bonchev–Trinajstić information content (AvgIpc) is 4.13. The first kappa shape index (κ1) is 44.3. The minimum Gasteiger partial charge on any atom is -0.394 e. The number of fused-ring (bicyclic) bond motifs is 2. The van der Waals surface area contributed by atoms with E-state index in [1.807, 2.05) is 18.6 Å². The fourth-order valence-electron chi connectivity index (χ4n) is 8.50. The van der Waals surface area contributed by atoms with Crippen LogP contribution in [0.4, 0.5) is 17.6 Å². The standard InChI is InChI=1S/C22H32N8O4.C16H22N6O4.CH4/c31-11-15-17(32)18(33)21(34-15)30-12-23-16-19(28-24-9-13-5-1-2-6-13)26-22(27-20(16)30)29-25-10-14-7-3-4-8-14;23-6-10-12(24)13(25)16(26-10)22-8-19-11-14(17-7-18-15(11)22)21-20-5-9-3-1-2-4-9;/h9-10,12-15,17-18,21,31-33H,1-8,11H2,(H2,26,27,28,29);5,7-10,12-13,16,23-25H,1-4,6H2,(H,17,18,21);1H4/t15-,17-,18-,21-;10-,12-,13-,16-;/m11./s1. The Balaban J connectivity index is 0.000000187. The van der Waals surface area contributed by atoms with Gasteiger partial charge in [0.15, 0.2) is 46.4 Å². The summed E-state index contributed by atoms with van der Waals surface area (Å²) in [5, 5.41) is 72.5. The van der Waals surface area contributed by atoms with Gasteiger partial charge in [0.05, 0.1) is 25.9 Å². The van der Waals surface area contributed by atoms with Gasteiger partial charge < -0.3 is 40.1 Å². The number of hydrogen-bond acceptors (Lipinski definition) is 20. The summed E-state index contributed by atoms with van der Waals surface area (Å²) in [6.45, 7) is -0.805. The third kappa shape index (κ3) is 9.81. The molecular formula is C39H58N14O8. The second kappa shape index (κ2) is 20.4. The Hall–Kier alpha value is -4.81. The molecule has 4 aromatic rings. The highest BCUT2D eigenvalue weighted by Gasteiger charge is 2.45. The molecular weight excluding hydrogens is 793 g/mol. The smallest absolute Gasteiger partial charge is 0.247 e. The number of anilines is 3. The number of hydrogen-bond donors (Lipinski definition) is 9. The van der Waals surface area contributed by atoms with Crippen molar-refractivity contribution in [3.8, 4) is 0 Å². The normalized spacial score (nSPS) is 28.8. The summed E-state index contributed by atoms with van der Waals surface area (Å²) >= 11 is 0. The number of imidazole rings is 2. The lowest BCUT2D eigenvalue weighted by Gasteiger charge is -2.16. The minimum absolute atomic E-state index is 0. The van der Waals surface area contributed by atoms with Gasteiger partial charge in [-0.2, -0.15) is 25.3 Å². The predicted molar refractivity (Wildman–Crippen MR) is 226 cm³/mol. The van der Waals surface area contributed by atoms with E-state index >= 15 is 0 Å². The Morgan fingerprint density at radius 1 is 0.574 bits per heavy atom. The first-order chi connectivity index (χ1) is 29.3. The highest BCUT2D eigenvalue weighted by Crippen LogP contribution is 2.34. The van der Waals surface area contributed by atoms with Gasteiger partial charge in [0.2, 0.25) is 5.95 Å². The summed E-state index contributed by atoms with van der Waals surface area (Å²) in [5.74, 6) is 2.49. The fraction of sp³-hybridized carbons (Fsp3) is 0.667. The zero-order valence-corrected chi connectivity index (χ0v) is 33.1. The summed E-state index contributed by atoms with van der Waals surface area (Å²) in [6.07, 6.45) is 15.7. The molecule has 6 heterocycles. The number of ether oxygens (including phenoxy) is 2. The second-order valence-corrected chi connectivity index (χ2v) is 16.0. The van der Waals surface area contributed by atoms with E-state index in [0.29, 0.717) is 51.7 Å². The topological polar surface area (TPSA) is 300 Å². The number of aromatic nitrogens is 8. The SMILES string of the molecule is C.OC[C@H]1O[C@@H](n2cnc3c(NN=CC4CCCC4)nc(NN=CC4CCCC4)nc32)[C@H](O)[C@@H]1O.OC[C@H]1O[C@@H](n2cnc3c(NN=CC4CCCC4)ncnc32)[C@H](O)[C@@H]1O. The van der Waals surface area contributed by atoms with Crippen LogP contribution in [-0.2, 0) is 9.47 Å². The Bertz CT molecular complexity index is 2120. The molecule has 3 saturated carbocycles. The molecule has 0 aromatic carbocycles. The van der Waals surface area contributed by atoms with Crippen LogP contribution in [0, 0.1) is 17.8 Å². The molecule has 9 N–H and O–H groups in total. The lowest BCUT2D eigenvalue weighted by atomic mass is 10.1. The summed E-state index contributed by atoms with van der Waals surface area (Å²) in [6, 6.07) is 0. The van der Waals surface area contributed by atoms with Crippen molar-refractivity contribution in [2.45, 2.75) is 134 Å². The predicted octanol–water partition coefficient (Wildman–Crippen LogP) is 2.28. The Kier molecular flexibility index (Phi) is 14.8. The Morgan fingerprint density at radius 3 is 1.49 bits per heavy atom. The summed E-state index contributed by atoms with van der Waals surface area (Å²) < 4.78 is 14.3. The monoisotopic (exact) mass is 850 g/mol. The molecule has 61 heavy (non-hydrogen) atoms. The van der Waals surface area contributed by atoms with Crippen molar-refractivity contribution in [3.63, 3.8) is 0 Å². The van der Waals surface area contributed by atoms with Crippen molar-refractivity contribution in [3.05, 3.63) is 19.0 Å². The number of nitrogens with zero attached hydrogens (tertiary/aromatic N) is 11. The van der Waals surface area contributed by atoms with Gasteiger partial charge in [0, 0.05) is 18.6 Å². The maximum absolute atomic E-state index is 10.5. The van der Waals surface area contributed by atoms with Crippen LogP contribution >= 0.6 is 0 Å². The zero-order chi connectivity index (χ0) is 41.6. The third-order valence-corrected chi connectivity index (χ3v) is 11.9. The highest BCUT2D eigenvalue weighted by molar-refractivity contribution is 5.85. The molecule has 2 aliphatic heterocycles. The highest BCUT2D eigenvalue weighted by atomic mass is 16.6. The van der Waals surface area contributed by atoms with Crippen molar-refractivity contribution in [2.24, 2.45) is 33.1 Å². The molecule has 0 bridgehead atoms. The van der Waals surface area contributed by atoms with Gasteiger partial charge in [-0.3, -0.25) is 20.0 Å². The average molecular weight is 851 g/mol. The number of aliphatic hydroxyl groups is 6. The molecule has 5 fully saturated rings. The molecule has 3 aliphatic carbocycles. The third-order valence-electron chi connectivity index (χ3n) is 11.9. The number of nitrogens with one attached hydrogen (secondary N) is 3. The molecule has 0 amide bonds. The number of rotatable bonds is 13. The van der Waals surface area contributed by atoms with Crippen LogP contribution in [0.25, 0.3) is 22.3 Å². The largest absolute Gasteiger partial charge is 0.394 e. The first-order valence-corrected chi connectivity index (χ1v) is 20.9. The van der Waals surface area contributed by atoms with Crippen LogP contribution in [0.5, 0.6) is 0 Å². The van der Waals surface area contributed by atoms with Crippen LogP contribution in [0.15, 0.2) is 34.3 Å². The summed E-state index contributed by atoms with van der Waals surface area (Å²) in [7, 11) is 0. The molecule has 0 unspecified atom stereocenters. The lowest BCUT2D eigenvalue weighted by Crippen LogP contribution is -2.33. The molecule has 0 radical (unpaired) electrons. The number of aliphatic hydroxyl groups excluding tert-OH is 6. The lowest BCUT2D eigenvalue weighted by molar-refractivity contribution is -0.0511. The molecule has 22 heteroatoms. The van der Waals surface area contributed by atoms with Crippen molar-refractivity contribution >= 4 is 58.6 Å². The van der Waals surface area contributed by atoms with E-state index < -0.39 is 55.7 Å². The van der Waals surface area contributed by atoms with Crippen LogP contribution in [0.1, 0.15) is 96.9 Å². The van der Waals surface area contributed by atoms with Gasteiger partial charge in [-0.05, 0) is 56.3 Å². The molecule has 22 nitrogen and oxygen atoms in total.